The van der Waals surface area contributed by atoms with Gasteiger partial charge in [0.05, 0.1) is 0 Å². The third kappa shape index (κ3) is 3.56. The third-order valence-electron chi connectivity index (χ3n) is 3.35. The minimum Gasteiger partial charge on any atom is -0.480 e. The standard InChI is InChI=1S/C14H16FN3O3/c15-10-6-4-9(5-7-10)8-17-14(21)18-11(13(19)20)2-1-3-12(18)16/h4-7,11,16H,1-3,8H2,(H,17,21)(H,19,20). The molecule has 7 heteroatoms. The predicted octanol–water partition coefficient (Wildman–Crippen LogP) is 1.95. The number of hydrogen-bond acceptors (Lipinski definition) is 3. The smallest absolute Gasteiger partial charge is 0.326 e. The normalized spacial score (nSPS) is 18.4. The van der Waals surface area contributed by atoms with Crippen molar-refractivity contribution >= 4 is 17.8 Å². The average Bonchev–Trinajstić information content (AvgIpc) is 2.46. The molecule has 3 N–H and O–H groups in total. The Morgan fingerprint density at radius 2 is 2.05 bits per heavy atom. The van der Waals surface area contributed by atoms with Crippen LogP contribution in [0.3, 0.4) is 0 Å². The highest BCUT2D eigenvalue weighted by molar-refractivity contribution is 6.00. The predicted molar refractivity (Wildman–Crippen MR) is 73.5 cm³/mol. The molecule has 1 unspecified atom stereocenters. The van der Waals surface area contributed by atoms with Crippen molar-refractivity contribution in [2.45, 2.75) is 31.8 Å². The van der Waals surface area contributed by atoms with Gasteiger partial charge >= 0.3 is 12.0 Å². The van der Waals surface area contributed by atoms with Crippen molar-refractivity contribution in [1.82, 2.24) is 10.2 Å². The maximum absolute atomic E-state index is 12.8. The number of urea groups is 1. The third-order valence-corrected chi connectivity index (χ3v) is 3.35. The Bertz CT molecular complexity index is 559. The van der Waals surface area contributed by atoms with Crippen LogP contribution < -0.4 is 5.32 Å². The molecule has 1 fully saturated rings. The number of rotatable bonds is 3. The number of carbonyl (C=O) groups is 2. The summed E-state index contributed by atoms with van der Waals surface area (Å²) in [5.74, 6) is -1.48. The van der Waals surface area contributed by atoms with Crippen LogP contribution in [0.15, 0.2) is 24.3 Å². The molecule has 1 aromatic rings. The van der Waals surface area contributed by atoms with Crippen LogP contribution in [-0.4, -0.2) is 33.9 Å². The number of nitrogens with one attached hydrogen (secondary N) is 2. The quantitative estimate of drug-likeness (QED) is 0.795. The molecule has 112 valence electrons. The van der Waals surface area contributed by atoms with Crippen molar-refractivity contribution in [2.24, 2.45) is 0 Å². The molecule has 1 atom stereocenters. The van der Waals surface area contributed by atoms with Crippen molar-refractivity contribution in [2.75, 3.05) is 0 Å². The Kier molecular flexibility index (Phi) is 4.52. The summed E-state index contributed by atoms with van der Waals surface area (Å²) in [5, 5.41) is 19.5. The summed E-state index contributed by atoms with van der Waals surface area (Å²) in [7, 11) is 0. The molecule has 6 nitrogen and oxygen atoms in total. The van der Waals surface area contributed by atoms with Gasteiger partial charge in [0.25, 0.3) is 0 Å². The summed E-state index contributed by atoms with van der Waals surface area (Å²) < 4.78 is 12.8. The minimum absolute atomic E-state index is 0.00487. The minimum atomic E-state index is -1.11. The molecular formula is C14H16FN3O3. The largest absolute Gasteiger partial charge is 0.480 e. The number of carboxylic acid groups (broad SMARTS) is 1. The van der Waals surface area contributed by atoms with E-state index < -0.39 is 18.0 Å². The fraction of sp³-hybridized carbons (Fsp3) is 0.357. The zero-order valence-corrected chi connectivity index (χ0v) is 11.3. The van der Waals surface area contributed by atoms with E-state index in [0.29, 0.717) is 24.8 Å². The molecule has 2 rings (SSSR count). The lowest BCUT2D eigenvalue weighted by molar-refractivity contribution is -0.141. The number of carboxylic acids is 1. The number of hydrogen-bond donors (Lipinski definition) is 3. The molecule has 0 spiro atoms. The average molecular weight is 293 g/mol. The fourth-order valence-electron chi connectivity index (χ4n) is 2.26. The van der Waals surface area contributed by atoms with Crippen LogP contribution in [-0.2, 0) is 11.3 Å². The number of benzene rings is 1. The molecule has 0 bridgehead atoms. The van der Waals surface area contributed by atoms with Gasteiger partial charge in [0.1, 0.15) is 17.7 Å². The molecule has 2 amide bonds. The van der Waals surface area contributed by atoms with Gasteiger partial charge in [0, 0.05) is 13.0 Å². The van der Waals surface area contributed by atoms with Crippen LogP contribution >= 0.6 is 0 Å². The second-order valence-electron chi connectivity index (χ2n) is 4.85. The van der Waals surface area contributed by atoms with E-state index in [9.17, 15) is 14.0 Å². The molecule has 0 aliphatic carbocycles. The first kappa shape index (κ1) is 15.0. The lowest BCUT2D eigenvalue weighted by Gasteiger charge is -2.33. The van der Waals surface area contributed by atoms with Crippen molar-refractivity contribution in [3.63, 3.8) is 0 Å². The highest BCUT2D eigenvalue weighted by Crippen LogP contribution is 2.19. The molecule has 1 aliphatic rings. The summed E-state index contributed by atoms with van der Waals surface area (Å²) in [6.45, 7) is 0.148. The zero-order valence-electron chi connectivity index (χ0n) is 11.3. The van der Waals surface area contributed by atoms with Gasteiger partial charge in [-0.15, -0.1) is 0 Å². The van der Waals surface area contributed by atoms with E-state index in [2.05, 4.69) is 5.32 Å². The Morgan fingerprint density at radius 1 is 1.38 bits per heavy atom. The highest BCUT2D eigenvalue weighted by atomic mass is 19.1. The Balaban J connectivity index is 2.01. The fourth-order valence-corrected chi connectivity index (χ4v) is 2.26. The van der Waals surface area contributed by atoms with Gasteiger partial charge in [-0.3, -0.25) is 10.3 Å². The maximum atomic E-state index is 12.8. The van der Waals surface area contributed by atoms with E-state index >= 15 is 0 Å². The summed E-state index contributed by atoms with van der Waals surface area (Å²) in [6, 6.07) is 4.02. The van der Waals surface area contributed by atoms with E-state index in [1.54, 1.807) is 0 Å². The molecule has 1 aliphatic heterocycles. The van der Waals surface area contributed by atoms with Crippen molar-refractivity contribution in [1.29, 1.82) is 5.41 Å². The molecule has 21 heavy (non-hydrogen) atoms. The van der Waals surface area contributed by atoms with E-state index in [-0.39, 0.29) is 18.2 Å². The molecule has 0 aromatic heterocycles. The molecule has 0 saturated carbocycles. The van der Waals surface area contributed by atoms with Crippen LogP contribution in [0, 0.1) is 11.2 Å². The van der Waals surface area contributed by atoms with Gasteiger partial charge in [-0.05, 0) is 30.5 Å². The van der Waals surface area contributed by atoms with Crippen LogP contribution in [0.2, 0.25) is 0 Å². The monoisotopic (exact) mass is 293 g/mol. The topological polar surface area (TPSA) is 93.5 Å². The van der Waals surface area contributed by atoms with Crippen molar-refractivity contribution in [3.05, 3.63) is 35.6 Å². The lowest BCUT2D eigenvalue weighted by Crippen LogP contribution is -2.54. The first-order valence-corrected chi connectivity index (χ1v) is 6.61. The van der Waals surface area contributed by atoms with Crippen molar-refractivity contribution in [3.8, 4) is 0 Å². The summed E-state index contributed by atoms with van der Waals surface area (Å²) >= 11 is 0. The number of carbonyl (C=O) groups excluding carboxylic acids is 1. The molecule has 1 saturated heterocycles. The van der Waals surface area contributed by atoms with E-state index in [1.807, 2.05) is 0 Å². The van der Waals surface area contributed by atoms with Crippen molar-refractivity contribution < 1.29 is 19.1 Å². The Morgan fingerprint density at radius 3 is 2.67 bits per heavy atom. The second kappa shape index (κ2) is 6.34. The lowest BCUT2D eigenvalue weighted by atomic mass is 10.0. The summed E-state index contributed by atoms with van der Waals surface area (Å²) in [4.78, 5) is 24.2. The highest BCUT2D eigenvalue weighted by Gasteiger charge is 2.35. The SMILES string of the molecule is N=C1CCCC(C(=O)O)N1C(=O)NCc1ccc(F)cc1. The van der Waals surface area contributed by atoms with Crippen LogP contribution in [0.5, 0.6) is 0 Å². The first-order valence-electron chi connectivity index (χ1n) is 6.61. The van der Waals surface area contributed by atoms with Crippen LogP contribution in [0.4, 0.5) is 9.18 Å². The number of piperidine rings is 1. The number of amides is 2. The van der Waals surface area contributed by atoms with Gasteiger partial charge in [0.15, 0.2) is 0 Å². The number of aliphatic carboxylic acids is 1. The van der Waals surface area contributed by atoms with Gasteiger partial charge in [0.2, 0.25) is 0 Å². The van der Waals surface area contributed by atoms with Gasteiger partial charge in [-0.2, -0.15) is 0 Å². The number of nitrogens with zero attached hydrogens (tertiary/aromatic N) is 1. The zero-order chi connectivity index (χ0) is 15.4. The molecule has 1 heterocycles. The van der Waals surface area contributed by atoms with E-state index in [1.165, 1.54) is 24.3 Å². The van der Waals surface area contributed by atoms with Gasteiger partial charge < -0.3 is 10.4 Å². The molecule has 1 aromatic carbocycles. The molecule has 0 radical (unpaired) electrons. The first-order chi connectivity index (χ1) is 9.99. The van der Waals surface area contributed by atoms with Crippen LogP contribution in [0.1, 0.15) is 24.8 Å². The number of halogens is 1. The Hall–Kier alpha value is -2.44. The Labute approximate surface area is 121 Å². The summed E-state index contributed by atoms with van der Waals surface area (Å²) in [6.07, 6.45) is 1.30. The maximum Gasteiger partial charge on any atom is 0.326 e. The second-order valence-corrected chi connectivity index (χ2v) is 4.85. The van der Waals surface area contributed by atoms with E-state index in [0.717, 1.165) is 4.90 Å². The summed E-state index contributed by atoms with van der Waals surface area (Å²) in [5.41, 5.74) is 0.695. The number of amidine groups is 1. The molecular weight excluding hydrogens is 277 g/mol. The van der Waals surface area contributed by atoms with E-state index in [4.69, 9.17) is 10.5 Å². The van der Waals surface area contributed by atoms with Gasteiger partial charge in [-0.25, -0.2) is 14.0 Å². The van der Waals surface area contributed by atoms with Crippen LogP contribution in [0.25, 0.3) is 0 Å². The number of likely N-dealkylation sites (tertiary alicyclic amines) is 1. The van der Waals surface area contributed by atoms with Gasteiger partial charge in [-0.1, -0.05) is 12.1 Å².